The van der Waals surface area contributed by atoms with Crippen molar-refractivity contribution in [1.29, 1.82) is 0 Å². The normalized spacial score (nSPS) is 16.3. The Kier molecular flexibility index (Phi) is 3.24. The smallest absolute Gasteiger partial charge is 0.0801 e. The Morgan fingerprint density at radius 2 is 2.31 bits per heavy atom. The molecule has 1 heteroatoms. The van der Waals surface area contributed by atoms with Gasteiger partial charge in [-0.2, -0.15) is 0 Å². The van der Waals surface area contributed by atoms with Gasteiger partial charge in [0.1, 0.15) is 0 Å². The molecule has 66 valence electrons. The maximum atomic E-state index is 4.00. The van der Waals surface area contributed by atoms with Gasteiger partial charge in [0.2, 0.25) is 0 Å². The average molecular weight is 171 g/mol. The molecule has 0 spiro atoms. The van der Waals surface area contributed by atoms with Gasteiger partial charge in [-0.1, -0.05) is 18.2 Å². The van der Waals surface area contributed by atoms with Crippen LogP contribution in [0.4, 0.5) is 0 Å². The van der Waals surface area contributed by atoms with Crippen molar-refractivity contribution in [2.24, 2.45) is 4.99 Å². The van der Waals surface area contributed by atoms with Gasteiger partial charge >= 0.3 is 0 Å². The van der Waals surface area contributed by atoms with Crippen molar-refractivity contribution in [2.75, 3.05) is 0 Å². The van der Waals surface area contributed by atoms with E-state index in [0.717, 1.165) is 16.8 Å². The summed E-state index contributed by atoms with van der Waals surface area (Å²) in [4.78, 5) is 4.00. The van der Waals surface area contributed by atoms with Gasteiger partial charge in [0.05, 0.1) is 5.70 Å². The molecule has 0 aromatic carbocycles. The van der Waals surface area contributed by atoms with E-state index in [1.54, 1.807) is 0 Å². The van der Waals surface area contributed by atoms with E-state index in [9.17, 15) is 0 Å². The van der Waals surface area contributed by atoms with Crippen LogP contribution < -0.4 is 0 Å². The first-order valence-electron chi connectivity index (χ1n) is 4.23. The van der Waals surface area contributed by atoms with Crippen molar-refractivity contribution < 1.29 is 0 Å². The molecule has 1 nitrogen and oxygen atoms in total. The fraction of sp³-hybridized carbons (Fsp3) is 0.167. The van der Waals surface area contributed by atoms with Crippen LogP contribution in [0, 0.1) is 0 Å². The SMILES string of the molecule is C=NC1=C(C)C=CC=C=C1/C=C\C. The summed E-state index contributed by atoms with van der Waals surface area (Å²) in [6.45, 7) is 7.55. The van der Waals surface area contributed by atoms with E-state index in [-0.39, 0.29) is 0 Å². The molecule has 0 unspecified atom stereocenters. The van der Waals surface area contributed by atoms with Crippen LogP contribution in [0.15, 0.2) is 57.9 Å². The summed E-state index contributed by atoms with van der Waals surface area (Å²) < 4.78 is 0. The number of nitrogens with zero attached hydrogens (tertiary/aromatic N) is 1. The molecule has 1 rings (SSSR count). The second-order valence-electron chi connectivity index (χ2n) is 2.77. The molecule has 0 N–H and O–H groups in total. The third-order valence-corrected chi connectivity index (χ3v) is 1.80. The molecular weight excluding hydrogens is 158 g/mol. The fourth-order valence-corrected chi connectivity index (χ4v) is 1.19. The summed E-state index contributed by atoms with van der Waals surface area (Å²) in [6.07, 6.45) is 9.80. The number of hydrogen-bond donors (Lipinski definition) is 0. The Bertz CT molecular complexity index is 359. The van der Waals surface area contributed by atoms with E-state index in [4.69, 9.17) is 0 Å². The van der Waals surface area contributed by atoms with E-state index >= 15 is 0 Å². The van der Waals surface area contributed by atoms with Crippen molar-refractivity contribution >= 4 is 6.72 Å². The molecule has 0 radical (unpaired) electrons. The van der Waals surface area contributed by atoms with E-state index in [1.807, 2.05) is 44.2 Å². The maximum Gasteiger partial charge on any atom is 0.0801 e. The van der Waals surface area contributed by atoms with Crippen molar-refractivity contribution in [3.63, 3.8) is 0 Å². The minimum atomic E-state index is 0.906. The van der Waals surface area contributed by atoms with Gasteiger partial charge < -0.3 is 0 Å². The lowest BCUT2D eigenvalue weighted by Gasteiger charge is -2.01. The quantitative estimate of drug-likeness (QED) is 0.447. The second-order valence-corrected chi connectivity index (χ2v) is 2.77. The Morgan fingerprint density at radius 3 is 2.92 bits per heavy atom. The standard InChI is InChI=1S/C12H13N/c1-4-7-11-9-6-5-8-10(2)12(11)13-3/h4-8H,3H2,1-2H3/b7-4-. The Labute approximate surface area is 79.2 Å². The van der Waals surface area contributed by atoms with Gasteiger partial charge in [0.25, 0.3) is 0 Å². The summed E-state index contributed by atoms with van der Waals surface area (Å²) in [5.74, 6) is 0. The van der Waals surface area contributed by atoms with Crippen LogP contribution in [0.25, 0.3) is 0 Å². The van der Waals surface area contributed by atoms with Crippen LogP contribution in [-0.4, -0.2) is 6.72 Å². The first-order chi connectivity index (χ1) is 6.29. The van der Waals surface area contributed by atoms with E-state index in [1.165, 1.54) is 0 Å². The Morgan fingerprint density at radius 1 is 1.54 bits per heavy atom. The predicted octanol–water partition coefficient (Wildman–Crippen LogP) is 3.19. The van der Waals surface area contributed by atoms with E-state index in [2.05, 4.69) is 17.4 Å². The lowest BCUT2D eigenvalue weighted by molar-refractivity contribution is 1.29. The highest BCUT2D eigenvalue weighted by Gasteiger charge is 2.02. The molecule has 13 heavy (non-hydrogen) atoms. The van der Waals surface area contributed by atoms with Gasteiger partial charge in [0.15, 0.2) is 0 Å². The highest BCUT2D eigenvalue weighted by Crippen LogP contribution is 2.19. The number of aliphatic imine (C=N–C) groups is 1. The lowest BCUT2D eigenvalue weighted by Crippen LogP contribution is -1.84. The largest absolute Gasteiger partial charge is 0.263 e. The lowest BCUT2D eigenvalue weighted by atomic mass is 10.1. The topological polar surface area (TPSA) is 12.4 Å². The summed E-state index contributed by atoms with van der Waals surface area (Å²) in [6, 6.07) is 0. The van der Waals surface area contributed by atoms with Gasteiger partial charge in [-0.25, -0.2) is 0 Å². The molecule has 0 amide bonds. The van der Waals surface area contributed by atoms with Crippen molar-refractivity contribution in [3.8, 4) is 0 Å². The zero-order chi connectivity index (χ0) is 9.68. The van der Waals surface area contributed by atoms with Crippen molar-refractivity contribution in [2.45, 2.75) is 13.8 Å². The maximum absolute atomic E-state index is 4.00. The second kappa shape index (κ2) is 4.44. The molecular formula is C12H13N. The zero-order valence-corrected chi connectivity index (χ0v) is 8.04. The number of allylic oxidation sites excluding steroid dienone is 5. The van der Waals surface area contributed by atoms with Gasteiger partial charge in [-0.05, 0) is 38.3 Å². The molecule has 1 aliphatic carbocycles. The molecule has 0 aromatic heterocycles. The molecule has 0 saturated heterocycles. The first kappa shape index (κ1) is 9.50. The van der Waals surface area contributed by atoms with Crippen molar-refractivity contribution in [3.05, 3.63) is 53.0 Å². The Hall–Kier alpha value is -1.59. The predicted molar refractivity (Wildman–Crippen MR) is 57.8 cm³/mol. The molecule has 0 aliphatic heterocycles. The van der Waals surface area contributed by atoms with Crippen LogP contribution in [-0.2, 0) is 0 Å². The molecule has 1 aliphatic rings. The monoisotopic (exact) mass is 171 g/mol. The highest BCUT2D eigenvalue weighted by molar-refractivity contribution is 5.50. The van der Waals surface area contributed by atoms with Gasteiger partial charge in [0, 0.05) is 5.57 Å². The van der Waals surface area contributed by atoms with Crippen LogP contribution in [0.3, 0.4) is 0 Å². The van der Waals surface area contributed by atoms with Crippen molar-refractivity contribution in [1.82, 2.24) is 0 Å². The van der Waals surface area contributed by atoms with E-state index < -0.39 is 0 Å². The summed E-state index contributed by atoms with van der Waals surface area (Å²) in [5, 5.41) is 0. The Balaban J connectivity index is 3.26. The van der Waals surface area contributed by atoms with Crippen LogP contribution in [0.1, 0.15) is 13.8 Å². The van der Waals surface area contributed by atoms with E-state index in [0.29, 0.717) is 0 Å². The molecule has 0 heterocycles. The summed E-state index contributed by atoms with van der Waals surface area (Å²) in [5.41, 5.74) is 6.15. The highest BCUT2D eigenvalue weighted by atomic mass is 14.7. The first-order valence-corrected chi connectivity index (χ1v) is 4.23. The summed E-state index contributed by atoms with van der Waals surface area (Å²) >= 11 is 0. The minimum absolute atomic E-state index is 0.906. The van der Waals surface area contributed by atoms with Crippen LogP contribution in [0.5, 0.6) is 0 Å². The molecule has 0 bridgehead atoms. The van der Waals surface area contributed by atoms with Gasteiger partial charge in [-0.3, -0.25) is 4.99 Å². The summed E-state index contributed by atoms with van der Waals surface area (Å²) in [7, 11) is 0. The molecule has 0 saturated carbocycles. The van der Waals surface area contributed by atoms with Crippen LogP contribution in [0.2, 0.25) is 0 Å². The average Bonchev–Trinajstić information content (AvgIpc) is 2.28. The zero-order valence-electron chi connectivity index (χ0n) is 8.04. The third kappa shape index (κ3) is 2.17. The molecule has 0 atom stereocenters. The molecule has 0 aromatic rings. The number of hydrogen-bond acceptors (Lipinski definition) is 1. The fourth-order valence-electron chi connectivity index (χ4n) is 1.19. The molecule has 0 fully saturated rings. The number of rotatable bonds is 2. The van der Waals surface area contributed by atoms with Crippen LogP contribution >= 0.6 is 0 Å². The third-order valence-electron chi connectivity index (χ3n) is 1.80. The van der Waals surface area contributed by atoms with Gasteiger partial charge in [-0.15, -0.1) is 5.73 Å². The minimum Gasteiger partial charge on any atom is -0.263 e.